The van der Waals surface area contributed by atoms with Gasteiger partial charge in [0.05, 0.1) is 12.7 Å². The highest BCUT2D eigenvalue weighted by molar-refractivity contribution is 9.10. The first-order chi connectivity index (χ1) is 10.3. The monoisotopic (exact) mass is 369 g/mol. The van der Waals surface area contributed by atoms with E-state index < -0.39 is 5.60 Å². The van der Waals surface area contributed by atoms with Gasteiger partial charge in [-0.05, 0) is 45.2 Å². The second-order valence-corrected chi connectivity index (χ2v) is 7.42. The Morgan fingerprint density at radius 1 is 1.27 bits per heavy atom. The molecule has 1 aliphatic rings. The normalized spacial score (nSPS) is 16.6. The Hall–Kier alpha value is -1.07. The molecule has 0 aliphatic carbocycles. The fraction of sp³-hybridized carbons (Fsp3) is 0.588. The molecule has 1 saturated heterocycles. The number of benzene rings is 1. The van der Waals surface area contributed by atoms with E-state index in [2.05, 4.69) is 22.0 Å². The van der Waals surface area contributed by atoms with Gasteiger partial charge in [0.1, 0.15) is 5.60 Å². The van der Waals surface area contributed by atoms with Crippen LogP contribution in [0.25, 0.3) is 0 Å². The second-order valence-electron chi connectivity index (χ2n) is 6.57. The molecular weight excluding hydrogens is 346 g/mol. The third kappa shape index (κ3) is 5.29. The molecule has 5 heteroatoms. The largest absolute Gasteiger partial charge is 0.444 e. The molecule has 0 saturated carbocycles. The fourth-order valence-electron chi connectivity index (χ4n) is 2.35. The number of amides is 1. The van der Waals surface area contributed by atoms with Crippen LogP contribution in [0.3, 0.4) is 0 Å². The number of nitrogens with zero attached hydrogens (tertiary/aromatic N) is 1. The highest BCUT2D eigenvalue weighted by Gasteiger charge is 2.27. The second kappa shape index (κ2) is 7.47. The molecule has 1 amide bonds. The maximum Gasteiger partial charge on any atom is 0.410 e. The van der Waals surface area contributed by atoms with E-state index in [4.69, 9.17) is 9.47 Å². The van der Waals surface area contributed by atoms with E-state index in [1.54, 1.807) is 4.90 Å². The lowest BCUT2D eigenvalue weighted by molar-refractivity contribution is -0.0171. The summed E-state index contributed by atoms with van der Waals surface area (Å²) in [6, 6.07) is 8.07. The molecule has 2 rings (SSSR count). The highest BCUT2D eigenvalue weighted by Crippen LogP contribution is 2.21. The lowest BCUT2D eigenvalue weighted by Gasteiger charge is -2.33. The first kappa shape index (κ1) is 17.3. The summed E-state index contributed by atoms with van der Waals surface area (Å²) in [5.41, 5.74) is 0.710. The summed E-state index contributed by atoms with van der Waals surface area (Å²) in [6.07, 6.45) is 1.68. The predicted molar refractivity (Wildman–Crippen MR) is 89.8 cm³/mol. The number of piperidine rings is 1. The van der Waals surface area contributed by atoms with E-state index >= 15 is 0 Å². The van der Waals surface area contributed by atoms with E-state index in [0.29, 0.717) is 19.7 Å². The number of carbonyl (C=O) groups excluding carboxylic acids is 1. The Balaban J connectivity index is 1.76. The average molecular weight is 370 g/mol. The van der Waals surface area contributed by atoms with Gasteiger partial charge in [-0.3, -0.25) is 0 Å². The van der Waals surface area contributed by atoms with Crippen LogP contribution in [0.4, 0.5) is 4.79 Å². The van der Waals surface area contributed by atoms with E-state index in [0.717, 1.165) is 22.9 Å². The maximum absolute atomic E-state index is 12.0. The zero-order valence-electron chi connectivity index (χ0n) is 13.5. The number of rotatable bonds is 3. The number of halogens is 1. The summed E-state index contributed by atoms with van der Waals surface area (Å²) in [5, 5.41) is 0. The summed E-state index contributed by atoms with van der Waals surface area (Å²) in [5.74, 6) is 0. The van der Waals surface area contributed by atoms with E-state index in [9.17, 15) is 4.79 Å². The number of ether oxygens (including phenoxy) is 2. The first-order valence-corrected chi connectivity index (χ1v) is 8.47. The molecule has 122 valence electrons. The molecule has 22 heavy (non-hydrogen) atoms. The van der Waals surface area contributed by atoms with Crippen LogP contribution in [0.15, 0.2) is 28.7 Å². The van der Waals surface area contributed by atoms with Crippen LogP contribution in [0.2, 0.25) is 0 Å². The number of hydrogen-bond acceptors (Lipinski definition) is 3. The van der Waals surface area contributed by atoms with Crippen molar-refractivity contribution < 1.29 is 14.3 Å². The zero-order chi connectivity index (χ0) is 16.2. The summed E-state index contributed by atoms with van der Waals surface area (Å²) in [4.78, 5) is 13.8. The summed E-state index contributed by atoms with van der Waals surface area (Å²) < 4.78 is 12.4. The lowest BCUT2D eigenvalue weighted by Crippen LogP contribution is -2.43. The molecule has 1 aliphatic heterocycles. The molecule has 0 radical (unpaired) electrons. The first-order valence-electron chi connectivity index (χ1n) is 7.68. The minimum atomic E-state index is -0.440. The number of hydrogen-bond donors (Lipinski definition) is 0. The molecular formula is C17H24BrNO3. The lowest BCUT2D eigenvalue weighted by atomic mass is 10.1. The molecule has 0 bridgehead atoms. The molecule has 4 nitrogen and oxygen atoms in total. The summed E-state index contributed by atoms with van der Waals surface area (Å²) >= 11 is 3.53. The minimum absolute atomic E-state index is 0.200. The van der Waals surface area contributed by atoms with Gasteiger partial charge < -0.3 is 14.4 Å². The quantitative estimate of drug-likeness (QED) is 0.793. The standard InChI is InChI=1S/C17H24BrNO3/c1-17(2,3)22-16(20)19-10-8-14(9-11-19)21-12-13-6-4-5-7-15(13)18/h4-7,14H,8-12H2,1-3H3. The van der Waals surface area contributed by atoms with Crippen molar-refractivity contribution in [3.8, 4) is 0 Å². The van der Waals surface area contributed by atoms with Crippen LogP contribution >= 0.6 is 15.9 Å². The van der Waals surface area contributed by atoms with Crippen LogP contribution in [-0.2, 0) is 16.1 Å². The van der Waals surface area contributed by atoms with E-state index in [1.165, 1.54) is 0 Å². The van der Waals surface area contributed by atoms with Crippen LogP contribution in [0.5, 0.6) is 0 Å². The van der Waals surface area contributed by atoms with Crippen molar-refractivity contribution in [1.82, 2.24) is 4.90 Å². The molecule has 0 N–H and O–H groups in total. The van der Waals surface area contributed by atoms with Gasteiger partial charge in [0.25, 0.3) is 0 Å². The van der Waals surface area contributed by atoms with Gasteiger partial charge in [-0.1, -0.05) is 34.1 Å². The van der Waals surface area contributed by atoms with Crippen LogP contribution < -0.4 is 0 Å². The summed E-state index contributed by atoms with van der Waals surface area (Å²) in [7, 11) is 0. The van der Waals surface area contributed by atoms with Crippen molar-refractivity contribution in [2.24, 2.45) is 0 Å². The molecule has 0 atom stereocenters. The number of carbonyl (C=O) groups is 1. The van der Waals surface area contributed by atoms with E-state index in [1.807, 2.05) is 39.0 Å². The molecule has 1 aromatic carbocycles. The average Bonchev–Trinajstić information content (AvgIpc) is 2.45. The van der Waals surface area contributed by atoms with Crippen LogP contribution in [-0.4, -0.2) is 35.8 Å². The molecule has 1 heterocycles. The minimum Gasteiger partial charge on any atom is -0.444 e. The van der Waals surface area contributed by atoms with Gasteiger partial charge >= 0.3 is 6.09 Å². The fourth-order valence-corrected chi connectivity index (χ4v) is 2.75. The van der Waals surface area contributed by atoms with Crippen molar-refractivity contribution in [1.29, 1.82) is 0 Å². The van der Waals surface area contributed by atoms with Gasteiger partial charge in [0.2, 0.25) is 0 Å². The Morgan fingerprint density at radius 2 is 1.91 bits per heavy atom. The van der Waals surface area contributed by atoms with Gasteiger partial charge in [0.15, 0.2) is 0 Å². The third-order valence-electron chi connectivity index (χ3n) is 3.53. The van der Waals surface area contributed by atoms with Gasteiger partial charge in [-0.15, -0.1) is 0 Å². The number of likely N-dealkylation sites (tertiary alicyclic amines) is 1. The maximum atomic E-state index is 12.0. The molecule has 0 spiro atoms. The molecule has 1 aromatic rings. The van der Waals surface area contributed by atoms with Crippen LogP contribution in [0, 0.1) is 0 Å². The Morgan fingerprint density at radius 3 is 2.50 bits per heavy atom. The SMILES string of the molecule is CC(C)(C)OC(=O)N1CCC(OCc2ccccc2Br)CC1. The Bertz CT molecular complexity index is 505. The van der Waals surface area contributed by atoms with Crippen molar-refractivity contribution in [2.75, 3.05) is 13.1 Å². The Labute approximate surface area is 140 Å². The highest BCUT2D eigenvalue weighted by atomic mass is 79.9. The smallest absolute Gasteiger partial charge is 0.410 e. The Kier molecular flexibility index (Phi) is 5.87. The topological polar surface area (TPSA) is 38.8 Å². The molecule has 0 aromatic heterocycles. The van der Waals surface area contributed by atoms with Gasteiger partial charge in [0, 0.05) is 17.6 Å². The molecule has 1 fully saturated rings. The predicted octanol–water partition coefficient (Wildman–Crippen LogP) is 4.37. The van der Waals surface area contributed by atoms with Gasteiger partial charge in [-0.25, -0.2) is 4.79 Å². The van der Waals surface area contributed by atoms with Gasteiger partial charge in [-0.2, -0.15) is 0 Å². The van der Waals surface area contributed by atoms with Crippen molar-refractivity contribution in [2.45, 2.75) is 51.9 Å². The van der Waals surface area contributed by atoms with Crippen molar-refractivity contribution in [3.05, 3.63) is 34.3 Å². The third-order valence-corrected chi connectivity index (χ3v) is 4.30. The van der Waals surface area contributed by atoms with Crippen LogP contribution in [0.1, 0.15) is 39.2 Å². The van der Waals surface area contributed by atoms with Crippen molar-refractivity contribution in [3.63, 3.8) is 0 Å². The zero-order valence-corrected chi connectivity index (χ0v) is 15.1. The summed E-state index contributed by atoms with van der Waals surface area (Å²) in [6.45, 7) is 7.64. The van der Waals surface area contributed by atoms with Crippen molar-refractivity contribution >= 4 is 22.0 Å². The van der Waals surface area contributed by atoms with E-state index in [-0.39, 0.29) is 12.2 Å². The molecule has 0 unspecified atom stereocenters.